The number of aromatic nitrogens is 1. The third kappa shape index (κ3) is 4.47. The van der Waals surface area contributed by atoms with Crippen LogP contribution in [0.3, 0.4) is 0 Å². The summed E-state index contributed by atoms with van der Waals surface area (Å²) in [6.07, 6.45) is 0.775. The van der Waals surface area contributed by atoms with Gasteiger partial charge in [0.15, 0.2) is 0 Å². The van der Waals surface area contributed by atoms with Crippen LogP contribution in [-0.4, -0.2) is 51.3 Å². The van der Waals surface area contributed by atoms with Crippen LogP contribution in [-0.2, 0) is 22.4 Å². The monoisotopic (exact) mass is 448 g/mol. The highest BCUT2D eigenvalue weighted by molar-refractivity contribution is 5.76. The molecule has 0 spiro atoms. The molecule has 2 aromatic carbocycles. The summed E-state index contributed by atoms with van der Waals surface area (Å²) in [6, 6.07) is 17.7. The number of hydrogen-bond donors (Lipinski definition) is 0. The zero-order valence-corrected chi connectivity index (χ0v) is 19.0. The van der Waals surface area contributed by atoms with E-state index >= 15 is 0 Å². The van der Waals surface area contributed by atoms with Gasteiger partial charge in [0.1, 0.15) is 34.6 Å². The van der Waals surface area contributed by atoms with E-state index in [-0.39, 0.29) is 6.10 Å². The van der Waals surface area contributed by atoms with Gasteiger partial charge in [-0.25, -0.2) is 0 Å². The van der Waals surface area contributed by atoms with Crippen LogP contribution in [0.25, 0.3) is 11.3 Å². The maximum Gasteiger partial charge on any atom is 0.133 e. The van der Waals surface area contributed by atoms with E-state index in [0.717, 1.165) is 52.5 Å². The standard InChI is InChI=1S/C26H28N2O5/c1-29-23-8-9-24(30-2)26-21(23)10-11-28-22(26)14-19(33-18-6-4-3-5-7-18)15-25(28)27-16-20-17-31-12-13-32-20/h3-9,14-15,20H,10-13,16-17H2,1-2H3. The fraction of sp³-hybridized carbons (Fsp3) is 0.346. The molecule has 3 aromatic rings. The number of para-hydroxylation sites is 1. The molecule has 0 N–H and O–H groups in total. The number of nitrogens with zero attached hydrogens (tertiary/aromatic N) is 2. The molecule has 1 aromatic heterocycles. The lowest BCUT2D eigenvalue weighted by atomic mass is 9.95. The van der Waals surface area contributed by atoms with E-state index in [0.29, 0.717) is 32.1 Å². The molecule has 172 valence electrons. The Balaban J connectivity index is 1.64. The van der Waals surface area contributed by atoms with Crippen LogP contribution < -0.4 is 19.7 Å². The highest BCUT2D eigenvalue weighted by Crippen LogP contribution is 2.42. The van der Waals surface area contributed by atoms with Crippen LogP contribution in [0.5, 0.6) is 23.0 Å². The SMILES string of the molecule is COc1ccc(OC)c2c1CCn1c-2cc(Oc2ccccc2)cc1=NCC1COCCO1. The van der Waals surface area contributed by atoms with Crippen molar-refractivity contribution in [1.82, 2.24) is 4.57 Å². The summed E-state index contributed by atoms with van der Waals surface area (Å²) in [6.45, 7) is 3.10. The second-order valence-corrected chi connectivity index (χ2v) is 7.98. The lowest BCUT2D eigenvalue weighted by Crippen LogP contribution is -2.33. The average Bonchev–Trinajstić information content (AvgIpc) is 2.87. The van der Waals surface area contributed by atoms with Gasteiger partial charge in [0, 0.05) is 29.8 Å². The molecule has 0 bridgehead atoms. The molecule has 33 heavy (non-hydrogen) atoms. The lowest BCUT2D eigenvalue weighted by molar-refractivity contribution is -0.0835. The van der Waals surface area contributed by atoms with Crippen molar-refractivity contribution >= 4 is 0 Å². The molecule has 5 rings (SSSR count). The minimum Gasteiger partial charge on any atom is -0.496 e. The summed E-state index contributed by atoms with van der Waals surface area (Å²) in [7, 11) is 3.39. The van der Waals surface area contributed by atoms with Crippen molar-refractivity contribution in [3.63, 3.8) is 0 Å². The van der Waals surface area contributed by atoms with Gasteiger partial charge in [-0.1, -0.05) is 18.2 Å². The summed E-state index contributed by atoms with van der Waals surface area (Å²) in [5, 5.41) is 0. The van der Waals surface area contributed by atoms with Crippen LogP contribution >= 0.6 is 0 Å². The van der Waals surface area contributed by atoms with E-state index in [1.165, 1.54) is 0 Å². The molecule has 7 nitrogen and oxygen atoms in total. The third-order valence-electron chi connectivity index (χ3n) is 5.95. The predicted molar refractivity (Wildman–Crippen MR) is 124 cm³/mol. The minimum atomic E-state index is -0.0424. The highest BCUT2D eigenvalue weighted by atomic mass is 16.6. The van der Waals surface area contributed by atoms with Crippen molar-refractivity contribution in [1.29, 1.82) is 0 Å². The summed E-state index contributed by atoms with van der Waals surface area (Å²) in [4.78, 5) is 4.92. The number of methoxy groups -OCH3 is 2. The van der Waals surface area contributed by atoms with Gasteiger partial charge in [0.2, 0.25) is 0 Å². The maximum atomic E-state index is 6.22. The first-order chi connectivity index (χ1) is 16.3. The second kappa shape index (κ2) is 9.68. The molecule has 1 atom stereocenters. The van der Waals surface area contributed by atoms with E-state index in [1.54, 1.807) is 14.2 Å². The Hall–Kier alpha value is -3.29. The average molecular weight is 449 g/mol. The van der Waals surface area contributed by atoms with Gasteiger partial charge >= 0.3 is 0 Å². The molecular weight excluding hydrogens is 420 g/mol. The Morgan fingerprint density at radius 3 is 2.55 bits per heavy atom. The second-order valence-electron chi connectivity index (χ2n) is 7.98. The van der Waals surface area contributed by atoms with Crippen LogP contribution in [0.4, 0.5) is 0 Å². The Labute approximate surface area is 193 Å². The van der Waals surface area contributed by atoms with Crippen molar-refractivity contribution < 1.29 is 23.7 Å². The van der Waals surface area contributed by atoms with E-state index in [2.05, 4.69) is 4.57 Å². The largest absolute Gasteiger partial charge is 0.496 e. The first-order valence-corrected chi connectivity index (χ1v) is 11.2. The van der Waals surface area contributed by atoms with Gasteiger partial charge in [0.25, 0.3) is 0 Å². The molecule has 0 aliphatic carbocycles. The molecule has 1 saturated heterocycles. The minimum absolute atomic E-state index is 0.0424. The van der Waals surface area contributed by atoms with E-state index in [1.807, 2.05) is 54.6 Å². The molecule has 0 amide bonds. The van der Waals surface area contributed by atoms with Crippen molar-refractivity contribution in [3.8, 4) is 34.3 Å². The van der Waals surface area contributed by atoms with Crippen molar-refractivity contribution in [3.05, 3.63) is 65.6 Å². The molecule has 1 fully saturated rings. The van der Waals surface area contributed by atoms with Crippen LogP contribution in [0.15, 0.2) is 59.6 Å². The maximum absolute atomic E-state index is 6.22. The normalized spacial score (nSPS) is 17.8. The molecule has 2 aliphatic heterocycles. The van der Waals surface area contributed by atoms with Crippen LogP contribution in [0.2, 0.25) is 0 Å². The van der Waals surface area contributed by atoms with Gasteiger partial charge < -0.3 is 28.3 Å². The van der Waals surface area contributed by atoms with Crippen molar-refractivity contribution in [2.45, 2.75) is 19.1 Å². The van der Waals surface area contributed by atoms with Gasteiger partial charge in [0.05, 0.1) is 46.3 Å². The zero-order chi connectivity index (χ0) is 22.6. The van der Waals surface area contributed by atoms with Crippen molar-refractivity contribution in [2.24, 2.45) is 4.99 Å². The molecule has 3 heterocycles. The summed E-state index contributed by atoms with van der Waals surface area (Å²) in [5.74, 6) is 3.14. The van der Waals surface area contributed by atoms with E-state index in [9.17, 15) is 0 Å². The van der Waals surface area contributed by atoms with E-state index in [4.69, 9.17) is 28.7 Å². The number of rotatable bonds is 6. The van der Waals surface area contributed by atoms with Gasteiger partial charge in [-0.15, -0.1) is 0 Å². The fourth-order valence-corrected chi connectivity index (χ4v) is 4.40. The number of fused-ring (bicyclic) bond motifs is 3. The summed E-state index contributed by atoms with van der Waals surface area (Å²) < 4.78 is 31.2. The summed E-state index contributed by atoms with van der Waals surface area (Å²) in [5.41, 5.74) is 3.96. The van der Waals surface area contributed by atoms with Gasteiger partial charge in [-0.3, -0.25) is 4.99 Å². The summed E-state index contributed by atoms with van der Waals surface area (Å²) >= 11 is 0. The Morgan fingerprint density at radius 2 is 1.79 bits per heavy atom. The number of ether oxygens (including phenoxy) is 5. The van der Waals surface area contributed by atoms with Crippen LogP contribution in [0, 0.1) is 0 Å². The van der Waals surface area contributed by atoms with Gasteiger partial charge in [-0.05, 0) is 30.7 Å². The molecule has 0 saturated carbocycles. The van der Waals surface area contributed by atoms with Crippen molar-refractivity contribution in [2.75, 3.05) is 40.6 Å². The Bertz CT molecular complexity index is 1180. The topological polar surface area (TPSA) is 63.4 Å². The zero-order valence-electron chi connectivity index (χ0n) is 19.0. The Morgan fingerprint density at radius 1 is 0.970 bits per heavy atom. The van der Waals surface area contributed by atoms with Crippen LogP contribution in [0.1, 0.15) is 5.56 Å². The smallest absolute Gasteiger partial charge is 0.133 e. The number of pyridine rings is 1. The molecule has 7 heteroatoms. The molecule has 2 aliphatic rings. The molecule has 1 unspecified atom stereocenters. The lowest BCUT2D eigenvalue weighted by Gasteiger charge is -2.27. The number of hydrogen-bond acceptors (Lipinski definition) is 6. The number of benzene rings is 2. The quantitative estimate of drug-likeness (QED) is 0.574. The van der Waals surface area contributed by atoms with E-state index < -0.39 is 0 Å². The predicted octanol–water partition coefficient (Wildman–Crippen LogP) is 3.84. The first-order valence-electron chi connectivity index (χ1n) is 11.2. The first kappa shape index (κ1) is 21.6. The third-order valence-corrected chi connectivity index (χ3v) is 5.95. The Kier molecular flexibility index (Phi) is 6.32. The fourth-order valence-electron chi connectivity index (χ4n) is 4.40. The highest BCUT2D eigenvalue weighted by Gasteiger charge is 2.25. The molecular formula is C26H28N2O5. The molecule has 0 radical (unpaired) electrons. The van der Waals surface area contributed by atoms with Gasteiger partial charge in [-0.2, -0.15) is 0 Å².